The van der Waals surface area contributed by atoms with E-state index in [0.29, 0.717) is 5.13 Å². The number of rotatable bonds is 3. The van der Waals surface area contributed by atoms with E-state index >= 15 is 0 Å². The van der Waals surface area contributed by atoms with Gasteiger partial charge in [0.2, 0.25) is 5.91 Å². The quantitative estimate of drug-likeness (QED) is 0.866. The van der Waals surface area contributed by atoms with Crippen LogP contribution in [0.3, 0.4) is 0 Å². The molecular formula is C12H19N3OS. The van der Waals surface area contributed by atoms with Crippen molar-refractivity contribution in [3.8, 4) is 0 Å². The van der Waals surface area contributed by atoms with Gasteiger partial charge in [-0.15, -0.1) is 11.3 Å². The number of amides is 1. The Labute approximate surface area is 106 Å². The molecule has 0 aromatic carbocycles. The molecule has 1 saturated carbocycles. The molecule has 2 rings (SSSR count). The molecular weight excluding hydrogens is 234 g/mol. The van der Waals surface area contributed by atoms with Gasteiger partial charge in [0.15, 0.2) is 5.13 Å². The normalized spacial score (nSPS) is 23.9. The van der Waals surface area contributed by atoms with Crippen LogP contribution in [0.15, 0.2) is 0 Å². The third-order valence-electron chi connectivity index (χ3n) is 3.36. The minimum atomic E-state index is -0.0377. The lowest BCUT2D eigenvalue weighted by atomic mass is 10.0. The minimum absolute atomic E-state index is 0.0155. The monoisotopic (exact) mass is 253 g/mol. The first-order chi connectivity index (χ1) is 8.11. The van der Waals surface area contributed by atoms with Gasteiger partial charge in [0.1, 0.15) is 0 Å². The van der Waals surface area contributed by atoms with Gasteiger partial charge in [0, 0.05) is 10.9 Å². The third-order valence-corrected chi connectivity index (χ3v) is 4.29. The third kappa shape index (κ3) is 2.66. The molecule has 5 heteroatoms. The minimum Gasteiger partial charge on any atom is -0.327 e. The Morgan fingerprint density at radius 3 is 2.88 bits per heavy atom. The van der Waals surface area contributed by atoms with Gasteiger partial charge in [0.05, 0.1) is 11.6 Å². The zero-order valence-corrected chi connectivity index (χ0v) is 11.1. The molecule has 1 heterocycles. The first-order valence-electron chi connectivity index (χ1n) is 6.14. The number of thiazole rings is 1. The van der Waals surface area contributed by atoms with Crippen LogP contribution in [-0.4, -0.2) is 16.9 Å². The number of hydrogen-bond donors (Lipinski definition) is 2. The Bertz CT molecular complexity index is 416. The molecule has 0 bridgehead atoms. The van der Waals surface area contributed by atoms with E-state index in [1.807, 2.05) is 6.92 Å². The smallest absolute Gasteiger partial charge is 0.230 e. The van der Waals surface area contributed by atoms with Crippen LogP contribution in [0.4, 0.5) is 5.13 Å². The van der Waals surface area contributed by atoms with Crippen molar-refractivity contribution < 1.29 is 4.79 Å². The second-order valence-electron chi connectivity index (χ2n) is 4.57. The van der Waals surface area contributed by atoms with Gasteiger partial charge >= 0.3 is 0 Å². The second kappa shape index (κ2) is 5.14. The van der Waals surface area contributed by atoms with Gasteiger partial charge in [-0.25, -0.2) is 4.98 Å². The van der Waals surface area contributed by atoms with Crippen molar-refractivity contribution in [3.63, 3.8) is 0 Å². The highest BCUT2D eigenvalue weighted by Crippen LogP contribution is 2.27. The molecule has 1 aromatic heterocycles. The molecule has 2 unspecified atom stereocenters. The van der Waals surface area contributed by atoms with Crippen molar-refractivity contribution in [2.45, 2.75) is 45.6 Å². The Balaban J connectivity index is 2.02. The van der Waals surface area contributed by atoms with Crippen molar-refractivity contribution in [2.24, 2.45) is 11.7 Å². The topological polar surface area (TPSA) is 68.0 Å². The number of nitrogens with zero attached hydrogens (tertiary/aromatic N) is 1. The molecule has 4 nitrogen and oxygen atoms in total. The molecule has 0 radical (unpaired) electrons. The average Bonchev–Trinajstić information content (AvgIpc) is 2.84. The van der Waals surface area contributed by atoms with Crippen LogP contribution in [0.25, 0.3) is 0 Å². The van der Waals surface area contributed by atoms with E-state index in [1.54, 1.807) is 11.3 Å². The molecule has 1 fully saturated rings. The average molecular weight is 253 g/mol. The fourth-order valence-corrected chi connectivity index (χ4v) is 3.23. The number of carbonyl (C=O) groups excluding carboxylic acids is 1. The Hall–Kier alpha value is -0.940. The number of carbonyl (C=O) groups is 1. The van der Waals surface area contributed by atoms with Crippen LogP contribution in [0.5, 0.6) is 0 Å². The van der Waals surface area contributed by atoms with Crippen molar-refractivity contribution in [3.05, 3.63) is 10.6 Å². The summed E-state index contributed by atoms with van der Waals surface area (Å²) in [5, 5.41) is 3.61. The van der Waals surface area contributed by atoms with Crippen LogP contribution >= 0.6 is 11.3 Å². The van der Waals surface area contributed by atoms with Crippen LogP contribution < -0.4 is 11.1 Å². The summed E-state index contributed by atoms with van der Waals surface area (Å²) in [6, 6.07) is 0.0155. The van der Waals surface area contributed by atoms with E-state index in [1.165, 1.54) is 4.88 Å². The number of aryl methyl sites for hydroxylation is 2. The number of nitrogens with one attached hydrogen (secondary N) is 1. The fourth-order valence-electron chi connectivity index (χ4n) is 2.32. The van der Waals surface area contributed by atoms with Crippen LogP contribution in [-0.2, 0) is 11.2 Å². The lowest BCUT2D eigenvalue weighted by Gasteiger charge is -2.13. The van der Waals surface area contributed by atoms with Crippen LogP contribution in [0.1, 0.15) is 36.8 Å². The predicted molar refractivity (Wildman–Crippen MR) is 70.2 cm³/mol. The molecule has 1 amide bonds. The predicted octanol–water partition coefficient (Wildman–Crippen LogP) is 2.08. The highest BCUT2D eigenvalue weighted by Gasteiger charge is 2.30. The van der Waals surface area contributed by atoms with E-state index in [2.05, 4.69) is 17.2 Å². The largest absolute Gasteiger partial charge is 0.327 e. The first-order valence-corrected chi connectivity index (χ1v) is 6.96. The molecule has 94 valence electrons. The molecule has 2 atom stereocenters. The Kier molecular flexibility index (Phi) is 3.79. The summed E-state index contributed by atoms with van der Waals surface area (Å²) in [4.78, 5) is 17.6. The van der Waals surface area contributed by atoms with E-state index in [4.69, 9.17) is 5.73 Å². The summed E-state index contributed by atoms with van der Waals surface area (Å²) in [5.41, 5.74) is 6.99. The summed E-state index contributed by atoms with van der Waals surface area (Å²) in [5.74, 6) is -0.00399. The van der Waals surface area contributed by atoms with E-state index in [-0.39, 0.29) is 17.9 Å². The lowest BCUT2D eigenvalue weighted by Crippen LogP contribution is -2.34. The first kappa shape index (κ1) is 12.5. The Morgan fingerprint density at radius 2 is 2.35 bits per heavy atom. The SMILES string of the molecule is CCc1nc(NC(=O)C2CCCC2N)sc1C. The van der Waals surface area contributed by atoms with Crippen molar-refractivity contribution in [2.75, 3.05) is 5.32 Å². The molecule has 17 heavy (non-hydrogen) atoms. The van der Waals surface area contributed by atoms with E-state index < -0.39 is 0 Å². The number of anilines is 1. The zero-order valence-electron chi connectivity index (χ0n) is 10.3. The molecule has 1 aliphatic rings. The summed E-state index contributed by atoms with van der Waals surface area (Å²) in [6.07, 6.45) is 3.81. The molecule has 0 saturated heterocycles. The second-order valence-corrected chi connectivity index (χ2v) is 5.77. The molecule has 0 spiro atoms. The van der Waals surface area contributed by atoms with Crippen molar-refractivity contribution in [1.82, 2.24) is 4.98 Å². The summed E-state index contributed by atoms with van der Waals surface area (Å²) >= 11 is 1.54. The lowest BCUT2D eigenvalue weighted by molar-refractivity contribution is -0.120. The van der Waals surface area contributed by atoms with Crippen molar-refractivity contribution in [1.29, 1.82) is 0 Å². The summed E-state index contributed by atoms with van der Waals surface area (Å²) in [7, 11) is 0. The van der Waals surface area contributed by atoms with Gasteiger partial charge in [-0.05, 0) is 26.2 Å². The van der Waals surface area contributed by atoms with Gasteiger partial charge in [-0.1, -0.05) is 13.3 Å². The highest BCUT2D eigenvalue weighted by atomic mass is 32.1. The van der Waals surface area contributed by atoms with E-state index in [0.717, 1.165) is 31.4 Å². The van der Waals surface area contributed by atoms with E-state index in [9.17, 15) is 4.79 Å². The standard InChI is InChI=1S/C12H19N3OS/c1-3-10-7(2)17-12(14-10)15-11(16)8-5-4-6-9(8)13/h8-9H,3-6,13H2,1-2H3,(H,14,15,16). The maximum Gasteiger partial charge on any atom is 0.230 e. The Morgan fingerprint density at radius 1 is 1.59 bits per heavy atom. The van der Waals surface area contributed by atoms with Crippen LogP contribution in [0, 0.1) is 12.8 Å². The summed E-state index contributed by atoms with van der Waals surface area (Å²) in [6.45, 7) is 4.11. The number of hydrogen-bond acceptors (Lipinski definition) is 4. The van der Waals surface area contributed by atoms with Gasteiger partial charge in [0.25, 0.3) is 0 Å². The summed E-state index contributed by atoms with van der Waals surface area (Å²) < 4.78 is 0. The fraction of sp³-hybridized carbons (Fsp3) is 0.667. The van der Waals surface area contributed by atoms with Gasteiger partial charge in [-0.3, -0.25) is 4.79 Å². The van der Waals surface area contributed by atoms with Crippen LogP contribution in [0.2, 0.25) is 0 Å². The molecule has 1 aromatic rings. The number of aromatic nitrogens is 1. The zero-order chi connectivity index (χ0) is 12.4. The van der Waals surface area contributed by atoms with Gasteiger partial charge < -0.3 is 11.1 Å². The molecule has 0 aliphatic heterocycles. The van der Waals surface area contributed by atoms with Gasteiger partial charge in [-0.2, -0.15) is 0 Å². The highest BCUT2D eigenvalue weighted by molar-refractivity contribution is 7.15. The molecule has 1 aliphatic carbocycles. The number of nitrogens with two attached hydrogens (primary N) is 1. The maximum atomic E-state index is 12.0. The maximum absolute atomic E-state index is 12.0. The molecule has 3 N–H and O–H groups in total. The van der Waals surface area contributed by atoms with Crippen molar-refractivity contribution >= 4 is 22.4 Å².